The van der Waals surface area contributed by atoms with Gasteiger partial charge in [-0.2, -0.15) is 0 Å². The van der Waals surface area contributed by atoms with E-state index in [0.717, 1.165) is 12.3 Å². The van der Waals surface area contributed by atoms with Gasteiger partial charge in [0.2, 0.25) is 0 Å². The largest absolute Gasteiger partial charge is 0.307 e. The predicted molar refractivity (Wildman–Crippen MR) is 97.0 cm³/mol. The first kappa shape index (κ1) is 17.3. The summed E-state index contributed by atoms with van der Waals surface area (Å²) in [4.78, 5) is 0. The van der Waals surface area contributed by atoms with Crippen LogP contribution in [0.1, 0.15) is 70.9 Å². The van der Waals surface area contributed by atoms with Gasteiger partial charge in [0.25, 0.3) is 0 Å². The van der Waals surface area contributed by atoms with Crippen molar-refractivity contribution in [1.82, 2.24) is 5.32 Å². The van der Waals surface area contributed by atoms with Crippen LogP contribution in [0.4, 0.5) is 0 Å². The van der Waals surface area contributed by atoms with Gasteiger partial charge in [-0.15, -0.1) is 6.58 Å². The molecule has 1 nitrogen and oxygen atoms in total. The SMILES string of the molecule is C=CCCC(CCC)[C@H](N[C@@H](C)c1ccccc1)C1(C)CC1. The van der Waals surface area contributed by atoms with E-state index in [4.69, 9.17) is 0 Å². The van der Waals surface area contributed by atoms with Crippen LogP contribution in [0.2, 0.25) is 0 Å². The fraction of sp³-hybridized carbons (Fsp3) is 0.619. The number of hydrogen-bond donors (Lipinski definition) is 1. The zero-order valence-corrected chi connectivity index (χ0v) is 14.6. The third kappa shape index (κ3) is 4.46. The normalized spacial score (nSPS) is 20.1. The Kier molecular flexibility index (Phi) is 6.26. The van der Waals surface area contributed by atoms with E-state index in [1.165, 1.54) is 37.7 Å². The smallest absolute Gasteiger partial charge is 0.0294 e. The van der Waals surface area contributed by atoms with Gasteiger partial charge < -0.3 is 5.32 Å². The highest BCUT2D eigenvalue weighted by Crippen LogP contribution is 2.52. The molecule has 1 saturated carbocycles. The van der Waals surface area contributed by atoms with Crippen LogP contribution < -0.4 is 5.32 Å². The molecule has 1 heteroatoms. The van der Waals surface area contributed by atoms with Gasteiger partial charge in [-0.3, -0.25) is 0 Å². The van der Waals surface area contributed by atoms with Crippen molar-refractivity contribution < 1.29 is 0 Å². The minimum Gasteiger partial charge on any atom is -0.307 e. The van der Waals surface area contributed by atoms with E-state index in [1.54, 1.807) is 0 Å². The average molecular weight is 300 g/mol. The van der Waals surface area contributed by atoms with Crippen LogP contribution in [-0.2, 0) is 0 Å². The maximum Gasteiger partial charge on any atom is 0.0294 e. The second-order valence-electron chi connectivity index (χ2n) is 7.35. The van der Waals surface area contributed by atoms with Crippen molar-refractivity contribution in [3.8, 4) is 0 Å². The number of rotatable bonds is 10. The van der Waals surface area contributed by atoms with E-state index in [1.807, 2.05) is 0 Å². The fourth-order valence-corrected chi connectivity index (χ4v) is 3.70. The first-order valence-electron chi connectivity index (χ1n) is 9.02. The summed E-state index contributed by atoms with van der Waals surface area (Å²) in [6.45, 7) is 11.0. The third-order valence-corrected chi connectivity index (χ3v) is 5.39. The van der Waals surface area contributed by atoms with Crippen molar-refractivity contribution in [3.63, 3.8) is 0 Å². The van der Waals surface area contributed by atoms with Crippen LogP contribution in [0, 0.1) is 11.3 Å². The zero-order chi connectivity index (χ0) is 16.0. The molecule has 1 unspecified atom stereocenters. The van der Waals surface area contributed by atoms with Crippen molar-refractivity contribution in [2.75, 3.05) is 0 Å². The lowest BCUT2D eigenvalue weighted by molar-refractivity contribution is 0.213. The highest BCUT2D eigenvalue weighted by molar-refractivity contribution is 5.19. The molecular weight excluding hydrogens is 266 g/mol. The summed E-state index contributed by atoms with van der Waals surface area (Å²) in [5.74, 6) is 0.765. The van der Waals surface area contributed by atoms with E-state index >= 15 is 0 Å². The molecule has 0 amide bonds. The summed E-state index contributed by atoms with van der Waals surface area (Å²) < 4.78 is 0. The Balaban J connectivity index is 2.09. The fourth-order valence-electron chi connectivity index (χ4n) is 3.70. The van der Waals surface area contributed by atoms with Gasteiger partial charge in [-0.25, -0.2) is 0 Å². The van der Waals surface area contributed by atoms with E-state index in [0.29, 0.717) is 17.5 Å². The van der Waals surface area contributed by atoms with Gasteiger partial charge >= 0.3 is 0 Å². The second-order valence-corrected chi connectivity index (χ2v) is 7.35. The Bertz CT molecular complexity index is 446. The Morgan fingerprint density at radius 3 is 2.45 bits per heavy atom. The zero-order valence-electron chi connectivity index (χ0n) is 14.6. The predicted octanol–water partition coefficient (Wildman–Crippen LogP) is 5.89. The molecular formula is C21H33N. The molecule has 122 valence electrons. The van der Waals surface area contributed by atoms with Crippen LogP contribution in [-0.4, -0.2) is 6.04 Å². The summed E-state index contributed by atoms with van der Waals surface area (Å²) in [6, 6.07) is 11.9. The summed E-state index contributed by atoms with van der Waals surface area (Å²) >= 11 is 0. The quantitative estimate of drug-likeness (QED) is 0.531. The van der Waals surface area contributed by atoms with Gasteiger partial charge in [0.1, 0.15) is 0 Å². The summed E-state index contributed by atoms with van der Waals surface area (Å²) in [5.41, 5.74) is 1.90. The lowest BCUT2D eigenvalue weighted by atomic mass is 9.80. The first-order valence-corrected chi connectivity index (χ1v) is 9.02. The Hall–Kier alpha value is -1.08. The van der Waals surface area contributed by atoms with Crippen LogP contribution in [0.5, 0.6) is 0 Å². The molecule has 1 aliphatic rings. The van der Waals surface area contributed by atoms with Crippen molar-refractivity contribution in [2.24, 2.45) is 11.3 Å². The molecule has 2 rings (SSSR count). The summed E-state index contributed by atoms with van der Waals surface area (Å²) in [6.07, 6.45) is 9.83. The minimum absolute atomic E-state index is 0.423. The minimum atomic E-state index is 0.423. The molecule has 1 fully saturated rings. The van der Waals surface area contributed by atoms with Gasteiger partial charge in [-0.1, -0.05) is 56.7 Å². The third-order valence-electron chi connectivity index (χ3n) is 5.39. The topological polar surface area (TPSA) is 12.0 Å². The Morgan fingerprint density at radius 1 is 1.23 bits per heavy atom. The van der Waals surface area contributed by atoms with Gasteiger partial charge in [0.15, 0.2) is 0 Å². The molecule has 1 aromatic rings. The molecule has 3 atom stereocenters. The molecule has 22 heavy (non-hydrogen) atoms. The number of allylic oxidation sites excluding steroid dienone is 1. The summed E-state index contributed by atoms with van der Waals surface area (Å²) in [7, 11) is 0. The van der Waals surface area contributed by atoms with Crippen LogP contribution in [0.3, 0.4) is 0 Å². The van der Waals surface area contributed by atoms with E-state index in [9.17, 15) is 0 Å². The Labute approximate surface area is 137 Å². The van der Waals surface area contributed by atoms with Crippen molar-refractivity contribution in [2.45, 2.75) is 71.4 Å². The van der Waals surface area contributed by atoms with E-state index in [-0.39, 0.29) is 0 Å². The molecule has 1 aliphatic carbocycles. The van der Waals surface area contributed by atoms with Crippen molar-refractivity contribution in [3.05, 3.63) is 48.6 Å². The van der Waals surface area contributed by atoms with E-state index < -0.39 is 0 Å². The molecule has 0 radical (unpaired) electrons. The van der Waals surface area contributed by atoms with Crippen LogP contribution in [0.25, 0.3) is 0 Å². The standard InChI is InChI=1S/C21H33N/c1-5-7-12-19(11-6-2)20(21(4)15-16-21)22-17(3)18-13-9-8-10-14-18/h5,8-10,13-14,17,19-20,22H,1,6-7,11-12,15-16H2,2-4H3/t17-,19?,20-/m0/s1. The molecule has 0 saturated heterocycles. The molecule has 0 bridgehead atoms. The number of benzene rings is 1. The van der Waals surface area contributed by atoms with Gasteiger partial charge in [-0.05, 0) is 55.9 Å². The van der Waals surface area contributed by atoms with Crippen LogP contribution >= 0.6 is 0 Å². The summed E-state index contributed by atoms with van der Waals surface area (Å²) in [5, 5.41) is 4.00. The lowest BCUT2D eigenvalue weighted by Gasteiger charge is -2.35. The monoisotopic (exact) mass is 299 g/mol. The first-order chi connectivity index (χ1) is 10.6. The van der Waals surface area contributed by atoms with Crippen molar-refractivity contribution in [1.29, 1.82) is 0 Å². The van der Waals surface area contributed by atoms with E-state index in [2.05, 4.69) is 69.1 Å². The second kappa shape index (κ2) is 7.97. The molecule has 1 aromatic carbocycles. The number of hydrogen-bond acceptors (Lipinski definition) is 1. The molecule has 1 N–H and O–H groups in total. The molecule has 0 aliphatic heterocycles. The van der Waals surface area contributed by atoms with Gasteiger partial charge in [0, 0.05) is 12.1 Å². The molecule has 0 aromatic heterocycles. The highest BCUT2D eigenvalue weighted by atomic mass is 15.0. The average Bonchev–Trinajstić information content (AvgIpc) is 3.28. The Morgan fingerprint density at radius 2 is 1.91 bits per heavy atom. The van der Waals surface area contributed by atoms with Gasteiger partial charge in [0.05, 0.1) is 0 Å². The van der Waals surface area contributed by atoms with Crippen molar-refractivity contribution >= 4 is 0 Å². The molecule has 0 spiro atoms. The number of nitrogens with one attached hydrogen (secondary N) is 1. The maximum absolute atomic E-state index is 4.00. The van der Waals surface area contributed by atoms with Crippen LogP contribution in [0.15, 0.2) is 43.0 Å². The molecule has 0 heterocycles. The highest BCUT2D eigenvalue weighted by Gasteiger charge is 2.47. The lowest BCUT2D eigenvalue weighted by Crippen LogP contribution is -2.43. The maximum atomic E-state index is 4.00.